The lowest BCUT2D eigenvalue weighted by molar-refractivity contribution is -0.112. The minimum Gasteiger partial charge on any atom is -0.302 e. The molecule has 2 rings (SSSR count). The van der Waals surface area contributed by atoms with E-state index in [2.05, 4.69) is 11.0 Å². The Morgan fingerprint density at radius 2 is 2.00 bits per heavy atom. The largest absolute Gasteiger partial charge is 0.302 e. The number of hydrogen-bond donors (Lipinski definition) is 0. The quantitative estimate of drug-likeness (QED) is 0.803. The second kappa shape index (κ2) is 5.32. The van der Waals surface area contributed by atoms with Gasteiger partial charge in [0.25, 0.3) is 5.91 Å². The number of anilines is 1. The number of para-hydroxylation sites is 1. The highest BCUT2D eigenvalue weighted by molar-refractivity contribution is 7.85. The van der Waals surface area contributed by atoms with Gasteiger partial charge in [-0.25, -0.2) is 4.21 Å². The topological polar surface area (TPSA) is 49.7 Å². The van der Waals surface area contributed by atoms with Crippen molar-refractivity contribution in [1.82, 2.24) is 0 Å². The zero-order valence-electron chi connectivity index (χ0n) is 11.9. The minimum absolute atomic E-state index is 0.219. The number of carbonyl (C=O) groups is 1. The maximum Gasteiger partial charge on any atom is 0.278 e. The minimum atomic E-state index is -1.46. The molecule has 0 bridgehead atoms. The van der Waals surface area contributed by atoms with E-state index in [1.54, 1.807) is 11.0 Å². The lowest BCUT2D eigenvalue weighted by Gasteiger charge is -2.14. The van der Waals surface area contributed by atoms with E-state index in [1.807, 2.05) is 45.0 Å². The van der Waals surface area contributed by atoms with Crippen LogP contribution in [0, 0.1) is 0 Å². The molecule has 0 aliphatic carbocycles. The number of carbonyl (C=O) groups excluding carboxylic acids is 1. The number of rotatable bonds is 3. The van der Waals surface area contributed by atoms with Crippen LogP contribution in [0.1, 0.15) is 26.3 Å². The Hall–Kier alpha value is -1.75. The molecule has 0 spiro atoms. The Kier molecular flexibility index (Phi) is 3.90. The van der Waals surface area contributed by atoms with Gasteiger partial charge in [-0.05, 0) is 26.8 Å². The molecule has 5 heteroatoms. The molecule has 106 valence electrons. The highest BCUT2D eigenvalue weighted by Crippen LogP contribution is 2.29. The summed E-state index contributed by atoms with van der Waals surface area (Å²) in [4.78, 5) is 14.0. The van der Waals surface area contributed by atoms with Crippen LogP contribution in [0.3, 0.4) is 0 Å². The predicted molar refractivity (Wildman–Crippen MR) is 83.4 cm³/mol. The molecule has 4 nitrogen and oxygen atoms in total. The summed E-state index contributed by atoms with van der Waals surface area (Å²) < 4.78 is 15.8. The Bertz CT molecular complexity index is 615. The van der Waals surface area contributed by atoms with E-state index in [0.29, 0.717) is 6.54 Å². The van der Waals surface area contributed by atoms with Crippen LogP contribution >= 0.6 is 0 Å². The summed E-state index contributed by atoms with van der Waals surface area (Å²) in [6.45, 7) is 9.58. The third kappa shape index (κ3) is 2.58. The molecule has 0 saturated heterocycles. The lowest BCUT2D eigenvalue weighted by Crippen LogP contribution is -2.31. The van der Waals surface area contributed by atoms with Crippen molar-refractivity contribution in [3.63, 3.8) is 0 Å². The fourth-order valence-corrected chi connectivity index (χ4v) is 2.50. The molecule has 0 radical (unpaired) electrons. The third-order valence-electron chi connectivity index (χ3n) is 2.91. The molecule has 1 amide bonds. The van der Waals surface area contributed by atoms with Crippen LogP contribution in [0.15, 0.2) is 41.3 Å². The van der Waals surface area contributed by atoms with Crippen LogP contribution in [0.4, 0.5) is 5.69 Å². The molecule has 1 atom stereocenters. The fourth-order valence-electron chi connectivity index (χ4n) is 1.88. The van der Waals surface area contributed by atoms with E-state index in [4.69, 9.17) is 0 Å². The Labute approximate surface area is 121 Å². The average molecular weight is 290 g/mol. The smallest absolute Gasteiger partial charge is 0.278 e. The summed E-state index contributed by atoms with van der Waals surface area (Å²) in [5.74, 6) is -0.219. The molecule has 0 aromatic heterocycles. The number of hydrogen-bond acceptors (Lipinski definition) is 2. The second-order valence-corrected chi connectivity index (χ2v) is 7.43. The van der Waals surface area contributed by atoms with Gasteiger partial charge in [-0.3, -0.25) is 4.79 Å². The van der Waals surface area contributed by atoms with Crippen molar-refractivity contribution >= 4 is 28.3 Å². The fraction of sp³-hybridized carbons (Fsp3) is 0.333. The summed E-state index contributed by atoms with van der Waals surface area (Å²) in [5.41, 5.74) is 1.80. The summed E-state index contributed by atoms with van der Waals surface area (Å²) in [7, 11) is -1.46. The van der Waals surface area contributed by atoms with Gasteiger partial charge in [0.2, 0.25) is 0 Å². The van der Waals surface area contributed by atoms with E-state index in [9.17, 15) is 9.00 Å². The van der Waals surface area contributed by atoms with Crippen LogP contribution in [-0.2, 0) is 15.8 Å². The summed E-state index contributed by atoms with van der Waals surface area (Å²) in [6, 6.07) is 7.40. The highest BCUT2D eigenvalue weighted by atomic mass is 32.2. The van der Waals surface area contributed by atoms with Crippen LogP contribution in [0.2, 0.25) is 0 Å². The van der Waals surface area contributed by atoms with E-state index >= 15 is 0 Å². The molecule has 20 heavy (non-hydrogen) atoms. The van der Waals surface area contributed by atoms with E-state index < -0.39 is 15.7 Å². The molecule has 1 aliphatic rings. The SMILES string of the molecule is C=CCN1C(=O)/C(=N/S(=O)C(C)(C)C)c2ccccc21. The summed E-state index contributed by atoms with van der Waals surface area (Å²) in [5, 5.41) is 0. The van der Waals surface area contributed by atoms with Gasteiger partial charge < -0.3 is 4.90 Å². The van der Waals surface area contributed by atoms with Crippen LogP contribution in [-0.4, -0.2) is 27.1 Å². The predicted octanol–water partition coefficient (Wildman–Crippen LogP) is 2.47. The van der Waals surface area contributed by atoms with Gasteiger partial charge in [0.1, 0.15) is 16.7 Å². The van der Waals surface area contributed by atoms with Gasteiger partial charge in [0, 0.05) is 12.1 Å². The first-order valence-corrected chi connectivity index (χ1v) is 7.50. The highest BCUT2D eigenvalue weighted by Gasteiger charge is 2.34. The Morgan fingerprint density at radius 3 is 2.60 bits per heavy atom. The van der Waals surface area contributed by atoms with Gasteiger partial charge in [-0.2, -0.15) is 4.40 Å². The standard InChI is InChI=1S/C15H18N2O2S/c1-5-10-17-12-9-7-6-8-11(12)13(14(17)18)16-20(19)15(2,3)4/h5-9H,1,10H2,2-4H3/b16-13+. The van der Waals surface area contributed by atoms with Crippen molar-refractivity contribution in [3.05, 3.63) is 42.5 Å². The van der Waals surface area contributed by atoms with E-state index in [0.717, 1.165) is 11.3 Å². The van der Waals surface area contributed by atoms with Crippen molar-refractivity contribution in [2.75, 3.05) is 11.4 Å². The number of nitrogens with zero attached hydrogens (tertiary/aromatic N) is 2. The normalized spacial score (nSPS) is 18.2. The molecule has 1 unspecified atom stereocenters. The Balaban J connectivity index is 2.51. The lowest BCUT2D eigenvalue weighted by atomic mass is 10.1. The second-order valence-electron chi connectivity index (χ2n) is 5.52. The van der Waals surface area contributed by atoms with Gasteiger partial charge in [0.15, 0.2) is 0 Å². The monoisotopic (exact) mass is 290 g/mol. The zero-order chi connectivity index (χ0) is 14.9. The molecule has 0 saturated carbocycles. The molecular weight excluding hydrogens is 272 g/mol. The average Bonchev–Trinajstić information content (AvgIpc) is 2.64. The van der Waals surface area contributed by atoms with Gasteiger partial charge in [-0.15, -0.1) is 6.58 Å². The van der Waals surface area contributed by atoms with Crippen molar-refractivity contribution in [2.45, 2.75) is 25.5 Å². The van der Waals surface area contributed by atoms with Crippen LogP contribution in [0.25, 0.3) is 0 Å². The summed E-state index contributed by atoms with van der Waals surface area (Å²) >= 11 is 0. The van der Waals surface area contributed by atoms with Gasteiger partial charge in [0.05, 0.1) is 10.4 Å². The van der Waals surface area contributed by atoms with Crippen molar-refractivity contribution in [1.29, 1.82) is 0 Å². The first-order chi connectivity index (χ1) is 9.36. The third-order valence-corrected chi connectivity index (χ3v) is 4.30. The molecule has 1 heterocycles. The van der Waals surface area contributed by atoms with Crippen LogP contribution < -0.4 is 4.90 Å². The summed E-state index contributed by atoms with van der Waals surface area (Å²) in [6.07, 6.45) is 1.67. The van der Waals surface area contributed by atoms with Crippen molar-refractivity contribution in [3.8, 4) is 0 Å². The maximum absolute atomic E-state index is 12.4. The molecular formula is C15H18N2O2S. The number of benzene rings is 1. The van der Waals surface area contributed by atoms with Crippen molar-refractivity contribution in [2.24, 2.45) is 4.40 Å². The maximum atomic E-state index is 12.4. The molecule has 0 N–H and O–H groups in total. The zero-order valence-corrected chi connectivity index (χ0v) is 12.7. The first-order valence-electron chi connectivity index (χ1n) is 6.39. The van der Waals surface area contributed by atoms with Crippen molar-refractivity contribution < 1.29 is 9.00 Å². The van der Waals surface area contributed by atoms with E-state index in [1.165, 1.54) is 0 Å². The van der Waals surface area contributed by atoms with E-state index in [-0.39, 0.29) is 11.6 Å². The molecule has 1 aromatic rings. The van der Waals surface area contributed by atoms with Crippen LogP contribution in [0.5, 0.6) is 0 Å². The molecule has 0 fully saturated rings. The van der Waals surface area contributed by atoms with Gasteiger partial charge in [-0.1, -0.05) is 24.3 Å². The Morgan fingerprint density at radius 1 is 1.35 bits per heavy atom. The number of amides is 1. The molecule has 1 aliphatic heterocycles. The number of fused-ring (bicyclic) bond motifs is 1. The van der Waals surface area contributed by atoms with Gasteiger partial charge >= 0.3 is 0 Å². The molecule has 1 aromatic carbocycles. The first kappa shape index (κ1) is 14.7.